The molecule has 0 spiro atoms. The molecule has 0 aliphatic carbocycles. The summed E-state index contributed by atoms with van der Waals surface area (Å²) in [5.74, 6) is -4.36. The maximum Gasteiger partial charge on any atom is 0.409 e. The van der Waals surface area contributed by atoms with Crippen LogP contribution in [0.1, 0.15) is 0 Å². The highest BCUT2D eigenvalue weighted by atomic mass is 35.5. The molecule has 190 valence electrons. The Morgan fingerprint density at radius 3 is 2.31 bits per heavy atom. The van der Waals surface area contributed by atoms with Gasteiger partial charge in [0.15, 0.2) is 17.4 Å². The zero-order valence-corrected chi connectivity index (χ0v) is 20.0. The molecule has 10 nitrogen and oxygen atoms in total. The molecule has 14 heteroatoms. The van der Waals surface area contributed by atoms with E-state index in [0.717, 1.165) is 4.90 Å². The molecule has 1 atom stereocenters. The van der Waals surface area contributed by atoms with E-state index in [-0.39, 0.29) is 32.1 Å². The summed E-state index contributed by atoms with van der Waals surface area (Å²) in [5.41, 5.74) is 5.38. The molecule has 3 rings (SSSR count). The number of rotatable bonds is 8. The predicted octanol–water partition coefficient (Wildman–Crippen LogP) is 2.35. The fourth-order valence-corrected chi connectivity index (χ4v) is 5.02. The van der Waals surface area contributed by atoms with Crippen molar-refractivity contribution in [3.63, 3.8) is 0 Å². The summed E-state index contributed by atoms with van der Waals surface area (Å²) in [4.78, 5) is 24.6. The van der Waals surface area contributed by atoms with Gasteiger partial charge in [-0.2, -0.15) is 4.31 Å². The van der Waals surface area contributed by atoms with Crippen molar-refractivity contribution in [2.24, 2.45) is 5.73 Å². The number of benzene rings is 2. The molecule has 2 N–H and O–H groups in total. The van der Waals surface area contributed by atoms with Gasteiger partial charge in [0.25, 0.3) is 0 Å². The second-order valence-corrected chi connectivity index (χ2v) is 9.69. The number of carbonyl (C=O) groups excluding carboxylic acids is 2. The van der Waals surface area contributed by atoms with Gasteiger partial charge in [-0.3, -0.25) is 4.79 Å². The maximum atomic E-state index is 14.7. The lowest BCUT2D eigenvalue weighted by atomic mass is 10.2. The zero-order valence-electron chi connectivity index (χ0n) is 18.4. The van der Waals surface area contributed by atoms with E-state index in [1.807, 2.05) is 0 Å². The first-order chi connectivity index (χ1) is 16.5. The standard InChI is InChI=1S/C21H22ClF2N3O7S/c1-32-8-9-33-21(29)26-6-7-27(18(12-26)20(25)28)35(30,31)15-10-16(23)19(17(24)11-15)34-14-4-2-13(22)3-5-14/h2-5,10-11,18H,6-9,12H2,1H3,(H2,25,28)/t18-/m1/s1. The van der Waals surface area contributed by atoms with E-state index in [4.69, 9.17) is 31.5 Å². The molecular weight excluding hydrogens is 512 g/mol. The van der Waals surface area contributed by atoms with Crippen LogP contribution in [0.2, 0.25) is 5.02 Å². The van der Waals surface area contributed by atoms with Gasteiger partial charge in [-0.15, -0.1) is 0 Å². The zero-order chi connectivity index (χ0) is 25.8. The minimum absolute atomic E-state index is 0.0436. The van der Waals surface area contributed by atoms with Crippen LogP contribution in [0.15, 0.2) is 41.3 Å². The SMILES string of the molecule is COCCOC(=O)N1CCN(S(=O)(=O)c2cc(F)c(Oc3ccc(Cl)cc3)c(F)c2)[C@@H](C(N)=O)C1. The summed E-state index contributed by atoms with van der Waals surface area (Å²) >= 11 is 5.77. The van der Waals surface area contributed by atoms with Gasteiger partial charge in [0.05, 0.1) is 11.5 Å². The van der Waals surface area contributed by atoms with Crippen LogP contribution in [0.5, 0.6) is 11.5 Å². The van der Waals surface area contributed by atoms with Crippen LogP contribution in [0.4, 0.5) is 13.6 Å². The summed E-state index contributed by atoms with van der Waals surface area (Å²) in [7, 11) is -3.17. The number of amides is 2. The summed E-state index contributed by atoms with van der Waals surface area (Å²) < 4.78 is 71.4. The Kier molecular flexibility index (Phi) is 8.48. The van der Waals surface area contributed by atoms with Crippen molar-refractivity contribution in [3.8, 4) is 11.5 Å². The Balaban J connectivity index is 1.83. The second kappa shape index (κ2) is 11.2. The highest BCUT2D eigenvalue weighted by Gasteiger charge is 2.41. The number of piperazine rings is 1. The number of methoxy groups -OCH3 is 1. The molecule has 2 aromatic carbocycles. The average molecular weight is 534 g/mol. The van der Waals surface area contributed by atoms with Crippen molar-refractivity contribution < 1.29 is 41.0 Å². The Hall–Kier alpha value is -3.00. The van der Waals surface area contributed by atoms with Gasteiger partial charge in [0.1, 0.15) is 18.4 Å². The van der Waals surface area contributed by atoms with Crippen molar-refractivity contribution in [2.45, 2.75) is 10.9 Å². The third-order valence-corrected chi connectivity index (χ3v) is 7.18. The van der Waals surface area contributed by atoms with Crippen LogP contribution in [0, 0.1) is 11.6 Å². The number of ether oxygens (including phenoxy) is 3. The quantitative estimate of drug-likeness (QED) is 0.516. The molecule has 0 aromatic heterocycles. The highest BCUT2D eigenvalue weighted by Crippen LogP contribution is 2.32. The van der Waals surface area contributed by atoms with E-state index in [1.54, 1.807) is 0 Å². The first-order valence-electron chi connectivity index (χ1n) is 10.2. The van der Waals surface area contributed by atoms with E-state index in [1.165, 1.54) is 31.4 Å². The number of halogens is 3. The molecule has 2 aromatic rings. The van der Waals surface area contributed by atoms with Gasteiger partial charge in [-0.1, -0.05) is 11.6 Å². The molecule has 0 unspecified atom stereocenters. The lowest BCUT2D eigenvalue weighted by molar-refractivity contribution is -0.123. The Morgan fingerprint density at radius 2 is 1.74 bits per heavy atom. The van der Waals surface area contributed by atoms with E-state index in [2.05, 4.69) is 0 Å². The third-order valence-electron chi connectivity index (χ3n) is 5.04. The summed E-state index contributed by atoms with van der Waals surface area (Å²) in [6.45, 7) is -0.797. The summed E-state index contributed by atoms with van der Waals surface area (Å²) in [6.07, 6.45) is -0.786. The van der Waals surface area contributed by atoms with Crippen LogP contribution >= 0.6 is 11.6 Å². The first kappa shape index (κ1) is 26.6. The largest absolute Gasteiger partial charge is 0.451 e. The second-order valence-electron chi connectivity index (χ2n) is 7.36. The fraction of sp³-hybridized carbons (Fsp3) is 0.333. The van der Waals surface area contributed by atoms with Gasteiger partial charge in [0.2, 0.25) is 15.9 Å². The van der Waals surface area contributed by atoms with Gasteiger partial charge < -0.3 is 24.8 Å². The minimum Gasteiger partial charge on any atom is -0.451 e. The number of primary amides is 1. The molecule has 1 aliphatic heterocycles. The van der Waals surface area contributed by atoms with Crippen LogP contribution in [-0.2, 0) is 24.3 Å². The van der Waals surface area contributed by atoms with Gasteiger partial charge in [0, 0.05) is 31.8 Å². The molecule has 2 amide bonds. The molecule has 1 saturated heterocycles. The van der Waals surface area contributed by atoms with Crippen LogP contribution in [0.3, 0.4) is 0 Å². The van der Waals surface area contributed by atoms with Crippen LogP contribution in [-0.4, -0.2) is 75.6 Å². The Labute approximate surface area is 205 Å². The maximum absolute atomic E-state index is 14.7. The van der Waals surface area contributed by atoms with E-state index >= 15 is 0 Å². The fourth-order valence-electron chi connectivity index (χ4n) is 3.29. The van der Waals surface area contributed by atoms with Crippen molar-refractivity contribution >= 4 is 33.6 Å². The van der Waals surface area contributed by atoms with Gasteiger partial charge in [-0.25, -0.2) is 22.0 Å². The van der Waals surface area contributed by atoms with Gasteiger partial charge in [-0.05, 0) is 36.4 Å². The van der Waals surface area contributed by atoms with Gasteiger partial charge >= 0.3 is 6.09 Å². The predicted molar refractivity (Wildman–Crippen MR) is 120 cm³/mol. The van der Waals surface area contributed by atoms with E-state index in [0.29, 0.717) is 21.5 Å². The number of nitrogens with zero attached hydrogens (tertiary/aromatic N) is 2. The molecule has 1 aliphatic rings. The van der Waals surface area contributed by atoms with Crippen molar-refractivity contribution in [1.82, 2.24) is 9.21 Å². The molecule has 35 heavy (non-hydrogen) atoms. The van der Waals surface area contributed by atoms with Crippen molar-refractivity contribution in [1.29, 1.82) is 0 Å². The number of sulfonamides is 1. The van der Waals surface area contributed by atoms with Crippen molar-refractivity contribution in [2.75, 3.05) is 40.0 Å². The topological polar surface area (TPSA) is 128 Å². The molecular formula is C21H22ClF2N3O7S. The Bertz CT molecular complexity index is 1170. The smallest absolute Gasteiger partial charge is 0.409 e. The number of carbonyl (C=O) groups is 2. The number of hydrogen-bond acceptors (Lipinski definition) is 7. The highest BCUT2D eigenvalue weighted by molar-refractivity contribution is 7.89. The number of hydrogen-bond donors (Lipinski definition) is 1. The van der Waals surface area contributed by atoms with E-state index < -0.39 is 56.9 Å². The monoisotopic (exact) mass is 533 g/mol. The van der Waals surface area contributed by atoms with Crippen LogP contribution in [0.25, 0.3) is 0 Å². The molecule has 1 fully saturated rings. The lowest BCUT2D eigenvalue weighted by Gasteiger charge is -2.38. The molecule has 0 saturated carbocycles. The molecule has 1 heterocycles. The van der Waals surface area contributed by atoms with E-state index in [9.17, 15) is 26.8 Å². The van der Waals surface area contributed by atoms with Crippen molar-refractivity contribution in [3.05, 3.63) is 53.1 Å². The lowest BCUT2D eigenvalue weighted by Crippen LogP contribution is -2.60. The molecule has 0 bridgehead atoms. The summed E-state index contributed by atoms with van der Waals surface area (Å²) in [5, 5.41) is 0.382. The minimum atomic E-state index is -4.59. The average Bonchev–Trinajstić information content (AvgIpc) is 2.82. The first-order valence-corrected chi connectivity index (χ1v) is 12.0. The Morgan fingerprint density at radius 1 is 1.11 bits per heavy atom. The normalized spacial score (nSPS) is 16.7. The third kappa shape index (κ3) is 6.17. The van der Waals surface area contributed by atoms with Crippen LogP contribution < -0.4 is 10.5 Å². The summed E-state index contributed by atoms with van der Waals surface area (Å²) in [6, 6.07) is 5.32. The molecule has 0 radical (unpaired) electrons. The number of nitrogens with two attached hydrogens (primary N) is 1.